The molecule has 3 aliphatic rings. The topological polar surface area (TPSA) is 139 Å². The Labute approximate surface area is 313 Å². The lowest BCUT2D eigenvalue weighted by molar-refractivity contribution is -0.138. The summed E-state index contributed by atoms with van der Waals surface area (Å²) in [6.45, 7) is 5.08. The molecule has 2 fully saturated rings. The van der Waals surface area contributed by atoms with Gasteiger partial charge in [0.1, 0.15) is 63.9 Å². The number of nitrogens with zero attached hydrogens (tertiary/aromatic N) is 6. The Morgan fingerprint density at radius 2 is 1.96 bits per heavy atom. The Morgan fingerprint density at radius 1 is 1.18 bits per heavy atom. The van der Waals surface area contributed by atoms with Crippen LogP contribution in [0.4, 0.5) is 47.4 Å². The molecule has 0 spiro atoms. The molecule has 0 saturated carbocycles. The van der Waals surface area contributed by atoms with Crippen LogP contribution in [0.15, 0.2) is 37.1 Å². The highest BCUT2D eigenvalue weighted by Gasteiger charge is 2.44. The lowest BCUT2D eigenvalue weighted by atomic mass is 9.91. The fourth-order valence-electron chi connectivity index (χ4n) is 7.73. The van der Waals surface area contributed by atoms with Crippen LogP contribution in [0.25, 0.3) is 32.1 Å². The fourth-order valence-corrected chi connectivity index (χ4v) is 8.68. The maximum Gasteiger partial charge on any atom is 0.420 e. The van der Waals surface area contributed by atoms with Crippen LogP contribution in [0.5, 0.6) is 11.8 Å². The van der Waals surface area contributed by atoms with Gasteiger partial charge in [-0.3, -0.25) is 4.90 Å². The minimum atomic E-state index is -5.25. The summed E-state index contributed by atoms with van der Waals surface area (Å²) in [7, 11) is 1.18. The van der Waals surface area contributed by atoms with E-state index in [1.807, 2.05) is 0 Å². The normalized spacial score (nSPS) is 18.6. The van der Waals surface area contributed by atoms with Gasteiger partial charge in [-0.15, -0.1) is 17.9 Å². The van der Waals surface area contributed by atoms with Gasteiger partial charge in [0.15, 0.2) is 5.82 Å². The van der Waals surface area contributed by atoms with Gasteiger partial charge < -0.3 is 25.8 Å². The lowest BCUT2D eigenvalue weighted by Crippen LogP contribution is -2.33. The number of fused-ring (bicyclic) bond motifs is 2. The molecule has 0 bridgehead atoms. The van der Waals surface area contributed by atoms with Crippen molar-refractivity contribution in [2.45, 2.75) is 50.1 Å². The number of alkyl halides is 4. The van der Waals surface area contributed by atoms with Crippen LogP contribution in [0, 0.1) is 28.8 Å². The fraction of sp³-hybridized carbons (Fsp3) is 0.351. The molecule has 288 valence electrons. The Bertz CT molecular complexity index is 2350. The van der Waals surface area contributed by atoms with Gasteiger partial charge in [-0.05, 0) is 49.9 Å². The molecule has 55 heavy (non-hydrogen) atoms. The highest BCUT2D eigenvalue weighted by atomic mass is 32.1. The van der Waals surface area contributed by atoms with Crippen LogP contribution >= 0.6 is 11.3 Å². The molecule has 0 radical (unpaired) electrons. The van der Waals surface area contributed by atoms with E-state index in [1.54, 1.807) is 6.07 Å². The number of halogens is 7. The number of anilines is 3. The van der Waals surface area contributed by atoms with Gasteiger partial charge in [0, 0.05) is 29.1 Å². The summed E-state index contributed by atoms with van der Waals surface area (Å²) in [5.74, 6) is -4.13. The van der Waals surface area contributed by atoms with Crippen LogP contribution in [0.3, 0.4) is 0 Å². The van der Waals surface area contributed by atoms with Crippen LogP contribution in [-0.2, 0) is 6.18 Å². The number of hydrogen-bond donors (Lipinski definition) is 2. The number of nitrogen functional groups attached to an aromatic ring is 2. The lowest BCUT2D eigenvalue weighted by Gasteiger charge is -2.32. The van der Waals surface area contributed by atoms with E-state index in [9.17, 15) is 18.4 Å². The average Bonchev–Trinajstić information content (AvgIpc) is 3.79. The zero-order valence-electron chi connectivity index (χ0n) is 29.2. The Hall–Kier alpha value is -5.41. The summed E-state index contributed by atoms with van der Waals surface area (Å²) in [5, 5.41) is 8.87. The number of pyridine rings is 1. The molecule has 3 aliphatic heterocycles. The van der Waals surface area contributed by atoms with Crippen molar-refractivity contribution in [1.82, 2.24) is 19.9 Å². The minimum Gasteiger partial charge on any atom is -0.490 e. The quantitative estimate of drug-likeness (QED) is 0.128. The molecular formula is C37H33F7N8O2S. The second kappa shape index (κ2) is 14.7. The molecular weight excluding hydrogens is 754 g/mol. The molecule has 8 rings (SSSR count). The number of ether oxygens (including phenoxy) is 2. The second-order valence-corrected chi connectivity index (χ2v) is 14.3. The molecule has 2 aromatic carbocycles. The maximum absolute atomic E-state index is 16.9. The smallest absolute Gasteiger partial charge is 0.420 e. The van der Waals surface area contributed by atoms with Gasteiger partial charge in [0.25, 0.3) is 0 Å². The third-order valence-corrected chi connectivity index (χ3v) is 11.0. The first-order valence-electron chi connectivity index (χ1n) is 17.2. The van der Waals surface area contributed by atoms with Gasteiger partial charge >= 0.3 is 12.2 Å². The van der Waals surface area contributed by atoms with Crippen molar-refractivity contribution < 1.29 is 40.2 Å². The molecule has 3 aromatic heterocycles. The van der Waals surface area contributed by atoms with Crippen molar-refractivity contribution in [2.75, 3.05) is 49.7 Å². The minimum absolute atomic E-state index is 0.0583. The zero-order valence-corrected chi connectivity index (χ0v) is 30.0. The summed E-state index contributed by atoms with van der Waals surface area (Å²) in [6, 6.07) is 4.03. The van der Waals surface area contributed by atoms with Crippen molar-refractivity contribution in [1.29, 1.82) is 5.26 Å². The van der Waals surface area contributed by atoms with E-state index in [-0.39, 0.29) is 57.4 Å². The van der Waals surface area contributed by atoms with E-state index in [4.69, 9.17) is 20.9 Å². The van der Waals surface area contributed by atoms with Crippen LogP contribution in [0.1, 0.15) is 48.4 Å². The van der Waals surface area contributed by atoms with E-state index < -0.39 is 75.2 Å². The molecule has 2 saturated heterocycles. The monoisotopic (exact) mass is 786 g/mol. The third kappa shape index (κ3) is 6.69. The summed E-state index contributed by atoms with van der Waals surface area (Å²) < 4.78 is 115. The SMILES string of the molecule is C=CC[C@H](c1cc(F)cnc1N)N1CCOc2c(C(F)(F)F)c(-c3ccc(F)c4sc(N)c(C#N)c34)c(F)c3nc(OC)nc1c23.FC1CC2CCCN2C1. The van der Waals surface area contributed by atoms with Gasteiger partial charge in [0.2, 0.25) is 0 Å². The van der Waals surface area contributed by atoms with E-state index in [2.05, 4.69) is 26.4 Å². The molecule has 0 aliphatic carbocycles. The van der Waals surface area contributed by atoms with E-state index in [1.165, 1.54) is 30.9 Å². The predicted molar refractivity (Wildman–Crippen MR) is 194 cm³/mol. The number of nitriles is 1. The highest BCUT2D eigenvalue weighted by molar-refractivity contribution is 7.23. The maximum atomic E-state index is 16.9. The van der Waals surface area contributed by atoms with Crippen LogP contribution in [0.2, 0.25) is 0 Å². The Kier molecular flexibility index (Phi) is 10.1. The number of aromatic nitrogens is 3. The first-order valence-corrected chi connectivity index (χ1v) is 18.0. The summed E-state index contributed by atoms with van der Waals surface area (Å²) in [6.07, 6.45) is 0.0524. The Balaban J connectivity index is 0.000000449. The second-order valence-electron chi connectivity index (χ2n) is 13.2. The van der Waals surface area contributed by atoms with Crippen molar-refractivity contribution in [3.05, 3.63) is 71.2 Å². The predicted octanol–water partition coefficient (Wildman–Crippen LogP) is 8.10. The first-order chi connectivity index (χ1) is 26.3. The van der Waals surface area contributed by atoms with Crippen molar-refractivity contribution >= 4 is 49.0 Å². The van der Waals surface area contributed by atoms with Crippen molar-refractivity contribution in [2.24, 2.45) is 0 Å². The number of thiophene rings is 1. The highest BCUT2D eigenvalue weighted by Crippen LogP contribution is 2.54. The number of hydrogen-bond acceptors (Lipinski definition) is 11. The first kappa shape index (κ1) is 37.9. The van der Waals surface area contributed by atoms with E-state index in [0.29, 0.717) is 23.9 Å². The summed E-state index contributed by atoms with van der Waals surface area (Å²) >= 11 is 0.646. The number of nitrogens with two attached hydrogens (primary N) is 2. The number of methoxy groups -OCH3 is 1. The van der Waals surface area contributed by atoms with Gasteiger partial charge in [-0.25, -0.2) is 22.5 Å². The summed E-state index contributed by atoms with van der Waals surface area (Å²) in [5.41, 5.74) is 8.24. The zero-order chi connectivity index (χ0) is 39.3. The standard InChI is InChI=1S/C30H21F6N7O2S.C7H12FN/c1-3-4-17(14-9-12(31)11-40-26(14)38)43-7-8-45-24-20-23(41-29(44-2)42-28(20)43)22(33)19(21(24)30(34,35)36)13-5-6-16(32)25-18(13)15(10-37)27(39)46-25;8-6-4-7-2-1-3-9(7)5-6/h3,5-6,9,11,17H,1,4,7-8,39H2,2H3,(H2,38,40);6-7H,1-5H2/t17-;/m1./s1. The number of benzene rings is 2. The van der Waals surface area contributed by atoms with E-state index >= 15 is 17.6 Å². The number of rotatable bonds is 6. The van der Waals surface area contributed by atoms with Crippen LogP contribution < -0.4 is 25.8 Å². The van der Waals surface area contributed by atoms with Crippen molar-refractivity contribution in [3.8, 4) is 29.0 Å². The van der Waals surface area contributed by atoms with Gasteiger partial charge in [-0.2, -0.15) is 28.4 Å². The van der Waals surface area contributed by atoms with Crippen LogP contribution in [-0.4, -0.2) is 65.4 Å². The largest absolute Gasteiger partial charge is 0.490 e. The molecule has 2 unspecified atom stereocenters. The molecule has 6 heterocycles. The average molecular weight is 787 g/mol. The molecule has 3 atom stereocenters. The molecule has 10 nitrogen and oxygen atoms in total. The molecule has 5 aromatic rings. The Morgan fingerprint density at radius 3 is 2.65 bits per heavy atom. The summed E-state index contributed by atoms with van der Waals surface area (Å²) in [4.78, 5) is 16.0. The van der Waals surface area contributed by atoms with E-state index in [0.717, 1.165) is 37.4 Å². The molecule has 0 amide bonds. The molecule has 18 heteroatoms. The van der Waals surface area contributed by atoms with Crippen molar-refractivity contribution in [3.63, 3.8) is 0 Å². The van der Waals surface area contributed by atoms with Gasteiger partial charge in [0.05, 0.1) is 41.5 Å². The van der Waals surface area contributed by atoms with Gasteiger partial charge in [-0.1, -0.05) is 12.1 Å². The third-order valence-electron chi connectivity index (χ3n) is 10.0. The molecule has 4 N–H and O–H groups in total.